The molecule has 0 unspecified atom stereocenters. The maximum absolute atomic E-state index is 12.6. The summed E-state index contributed by atoms with van der Waals surface area (Å²) in [7, 11) is 0. The predicted molar refractivity (Wildman–Crippen MR) is 77.5 cm³/mol. The molecule has 0 aliphatic heterocycles. The monoisotopic (exact) mass is 271 g/mol. The van der Waals surface area contributed by atoms with Crippen molar-refractivity contribution in [2.75, 3.05) is 11.4 Å². The molecule has 2 aromatic rings. The van der Waals surface area contributed by atoms with Gasteiger partial charge in [-0.05, 0) is 25.1 Å². The summed E-state index contributed by atoms with van der Waals surface area (Å²) in [6.45, 7) is 4.38. The Hall–Kier alpha value is -2.36. The van der Waals surface area contributed by atoms with Crippen molar-refractivity contribution in [3.8, 4) is 5.75 Å². The highest BCUT2D eigenvalue weighted by Crippen LogP contribution is 2.16. The minimum absolute atomic E-state index is 0.00528. The smallest absolute Gasteiger partial charge is 0.295 e. The molecule has 0 spiro atoms. The fourth-order valence-corrected chi connectivity index (χ4v) is 2.15. The van der Waals surface area contributed by atoms with Crippen molar-refractivity contribution in [3.05, 3.63) is 54.9 Å². The van der Waals surface area contributed by atoms with Crippen molar-refractivity contribution in [2.24, 2.45) is 0 Å². The molecule has 0 saturated carbocycles. The summed E-state index contributed by atoms with van der Waals surface area (Å²) in [4.78, 5) is 14.3. The van der Waals surface area contributed by atoms with Gasteiger partial charge in [0.1, 0.15) is 0 Å². The number of hydrogen-bond acceptors (Lipinski definition) is 2. The largest absolute Gasteiger partial charge is 0.503 e. The molecule has 104 valence electrons. The van der Waals surface area contributed by atoms with Gasteiger partial charge in [-0.3, -0.25) is 4.79 Å². The van der Waals surface area contributed by atoms with Crippen molar-refractivity contribution in [1.29, 1.82) is 0 Å². The van der Waals surface area contributed by atoms with E-state index < -0.39 is 0 Å². The van der Waals surface area contributed by atoms with E-state index in [0.717, 1.165) is 5.69 Å². The molecule has 4 heteroatoms. The summed E-state index contributed by atoms with van der Waals surface area (Å²) in [6.07, 6.45) is 3.34. The van der Waals surface area contributed by atoms with E-state index in [1.165, 1.54) is 0 Å². The molecule has 20 heavy (non-hydrogen) atoms. The van der Waals surface area contributed by atoms with Gasteiger partial charge in [0.2, 0.25) is 12.2 Å². The topological polar surface area (TPSA) is 44.4 Å². The number of aromatic hydroxyl groups is 1. The minimum atomic E-state index is -0.373. The number of nitrogens with zero attached hydrogens (tertiary/aromatic N) is 2. The van der Waals surface area contributed by atoms with Crippen LogP contribution in [0.4, 0.5) is 5.69 Å². The molecular formula is C16H19N2O2+. The minimum Gasteiger partial charge on any atom is -0.503 e. The number of benzene rings is 1. The van der Waals surface area contributed by atoms with Gasteiger partial charge < -0.3 is 10.0 Å². The van der Waals surface area contributed by atoms with Crippen LogP contribution in [-0.2, 0) is 4.79 Å². The Labute approximate surface area is 118 Å². The molecule has 0 saturated heterocycles. The van der Waals surface area contributed by atoms with E-state index in [9.17, 15) is 9.90 Å². The molecule has 0 radical (unpaired) electrons. The molecule has 2 rings (SSSR count). The average molecular weight is 271 g/mol. The summed E-state index contributed by atoms with van der Waals surface area (Å²) in [6, 6.07) is 12.5. The fourth-order valence-electron chi connectivity index (χ4n) is 2.15. The first-order valence-electron chi connectivity index (χ1n) is 6.69. The van der Waals surface area contributed by atoms with E-state index in [4.69, 9.17) is 0 Å². The molecule has 1 aromatic heterocycles. The molecule has 1 amide bonds. The highest BCUT2D eigenvalue weighted by Gasteiger charge is 2.27. The Morgan fingerprint density at radius 3 is 2.55 bits per heavy atom. The number of pyridine rings is 1. The average Bonchev–Trinajstić information content (AvgIpc) is 2.48. The van der Waals surface area contributed by atoms with E-state index >= 15 is 0 Å². The maximum Gasteiger partial charge on any atom is 0.295 e. The normalized spacial score (nSPS) is 11.9. The van der Waals surface area contributed by atoms with Gasteiger partial charge in [-0.25, -0.2) is 0 Å². The molecule has 1 atom stereocenters. The van der Waals surface area contributed by atoms with Crippen LogP contribution in [0, 0.1) is 0 Å². The third kappa shape index (κ3) is 2.96. The van der Waals surface area contributed by atoms with Crippen LogP contribution in [0.2, 0.25) is 0 Å². The third-order valence-corrected chi connectivity index (χ3v) is 3.26. The Balaban J connectivity index is 2.25. The summed E-state index contributed by atoms with van der Waals surface area (Å²) >= 11 is 0. The SMILES string of the molecule is CCN(C(=O)[C@@H](C)[n+]1cccc(O)c1)c1ccccc1. The molecule has 0 aliphatic carbocycles. The van der Waals surface area contributed by atoms with Crippen LogP contribution in [-0.4, -0.2) is 17.6 Å². The van der Waals surface area contributed by atoms with Gasteiger partial charge in [-0.15, -0.1) is 0 Å². The molecule has 1 aromatic carbocycles. The van der Waals surface area contributed by atoms with Crippen LogP contribution < -0.4 is 9.47 Å². The first-order chi connectivity index (χ1) is 9.63. The van der Waals surface area contributed by atoms with Crippen LogP contribution in [0.1, 0.15) is 19.9 Å². The Morgan fingerprint density at radius 1 is 1.25 bits per heavy atom. The second-order valence-corrected chi connectivity index (χ2v) is 4.60. The van der Waals surface area contributed by atoms with Crippen molar-refractivity contribution in [3.63, 3.8) is 0 Å². The number of hydrogen-bond donors (Lipinski definition) is 1. The molecule has 1 N–H and O–H groups in total. The molecule has 1 heterocycles. The van der Waals surface area contributed by atoms with E-state index in [1.807, 2.05) is 44.2 Å². The number of anilines is 1. The number of carbonyl (C=O) groups is 1. The van der Waals surface area contributed by atoms with E-state index in [-0.39, 0.29) is 17.7 Å². The standard InChI is InChI=1S/C16H18N2O2/c1-3-18(14-8-5-4-6-9-14)16(20)13(2)17-11-7-10-15(19)12-17/h4-13H,3H2,1-2H3/p+1/t13-/m1/s1. The zero-order valence-corrected chi connectivity index (χ0v) is 11.7. The fraction of sp³-hybridized carbons (Fsp3) is 0.250. The van der Waals surface area contributed by atoms with Gasteiger partial charge in [0.05, 0.1) is 0 Å². The second kappa shape index (κ2) is 6.19. The van der Waals surface area contributed by atoms with Crippen molar-refractivity contribution >= 4 is 11.6 Å². The first kappa shape index (κ1) is 14.1. The van der Waals surface area contributed by atoms with E-state index in [2.05, 4.69) is 0 Å². The highest BCUT2D eigenvalue weighted by molar-refractivity contribution is 5.94. The van der Waals surface area contributed by atoms with Gasteiger partial charge in [-0.2, -0.15) is 4.57 Å². The number of rotatable bonds is 4. The lowest BCUT2D eigenvalue weighted by Crippen LogP contribution is -2.48. The summed E-state index contributed by atoms with van der Waals surface area (Å²) in [5.74, 6) is 0.143. The molecule has 0 fully saturated rings. The molecular weight excluding hydrogens is 252 g/mol. The highest BCUT2D eigenvalue weighted by atomic mass is 16.3. The van der Waals surface area contributed by atoms with Gasteiger partial charge in [-0.1, -0.05) is 18.2 Å². The number of aromatic nitrogens is 1. The lowest BCUT2D eigenvalue weighted by molar-refractivity contribution is -0.706. The Bertz CT molecular complexity index is 584. The molecule has 0 aliphatic rings. The van der Waals surface area contributed by atoms with Crippen molar-refractivity contribution < 1.29 is 14.5 Å². The lowest BCUT2D eigenvalue weighted by atomic mass is 10.2. The zero-order chi connectivity index (χ0) is 14.5. The lowest BCUT2D eigenvalue weighted by Gasteiger charge is -2.22. The molecule has 4 nitrogen and oxygen atoms in total. The second-order valence-electron chi connectivity index (χ2n) is 4.60. The molecule has 0 bridgehead atoms. The third-order valence-electron chi connectivity index (χ3n) is 3.26. The first-order valence-corrected chi connectivity index (χ1v) is 6.69. The van der Waals surface area contributed by atoms with Crippen molar-refractivity contribution in [2.45, 2.75) is 19.9 Å². The summed E-state index contributed by atoms with van der Waals surface area (Å²) in [5, 5.41) is 9.51. The van der Waals surface area contributed by atoms with Crippen LogP contribution in [0.5, 0.6) is 5.75 Å². The van der Waals surface area contributed by atoms with Crippen LogP contribution >= 0.6 is 0 Å². The van der Waals surface area contributed by atoms with Crippen LogP contribution in [0.15, 0.2) is 54.9 Å². The summed E-state index contributed by atoms with van der Waals surface area (Å²) in [5.41, 5.74) is 0.882. The van der Waals surface area contributed by atoms with Crippen molar-refractivity contribution in [1.82, 2.24) is 0 Å². The maximum atomic E-state index is 12.6. The van der Waals surface area contributed by atoms with Crippen LogP contribution in [0.25, 0.3) is 0 Å². The van der Waals surface area contributed by atoms with Gasteiger partial charge in [0.15, 0.2) is 11.9 Å². The number of likely N-dealkylation sites (N-methyl/N-ethyl adjacent to an activating group) is 1. The number of para-hydroxylation sites is 1. The van der Waals surface area contributed by atoms with E-state index in [0.29, 0.717) is 6.54 Å². The van der Waals surface area contributed by atoms with Gasteiger partial charge in [0.25, 0.3) is 5.91 Å². The Morgan fingerprint density at radius 2 is 1.95 bits per heavy atom. The van der Waals surface area contributed by atoms with Gasteiger partial charge >= 0.3 is 0 Å². The zero-order valence-electron chi connectivity index (χ0n) is 11.7. The van der Waals surface area contributed by atoms with Gasteiger partial charge in [0, 0.05) is 25.2 Å². The quantitative estimate of drug-likeness (QED) is 0.867. The van der Waals surface area contributed by atoms with Crippen LogP contribution in [0.3, 0.4) is 0 Å². The predicted octanol–water partition coefficient (Wildman–Crippen LogP) is 2.29. The Kier molecular flexibility index (Phi) is 4.35. The number of carbonyl (C=O) groups excluding carboxylic acids is 1. The summed E-state index contributed by atoms with van der Waals surface area (Å²) < 4.78 is 1.71. The number of amides is 1. The van der Waals surface area contributed by atoms with E-state index in [1.54, 1.807) is 34.0 Å².